The average Bonchev–Trinajstić information content (AvgIpc) is 3.04. The van der Waals surface area contributed by atoms with Crippen LogP contribution < -0.4 is 0 Å². The van der Waals surface area contributed by atoms with Gasteiger partial charge in [-0.1, -0.05) is 0 Å². The predicted molar refractivity (Wildman–Crippen MR) is 73.9 cm³/mol. The second-order valence-corrected chi connectivity index (χ2v) is 4.60. The number of carbonyl (C=O) groups is 1. The quantitative estimate of drug-likeness (QED) is 0.684. The Morgan fingerprint density at radius 3 is 2.75 bits per heavy atom. The van der Waals surface area contributed by atoms with E-state index in [2.05, 4.69) is 10.1 Å². The van der Waals surface area contributed by atoms with Crippen molar-refractivity contribution in [3.63, 3.8) is 0 Å². The van der Waals surface area contributed by atoms with Crippen LogP contribution in [0, 0.1) is 13.8 Å². The van der Waals surface area contributed by atoms with Crippen LogP contribution in [0.15, 0.2) is 41.1 Å². The van der Waals surface area contributed by atoms with Gasteiger partial charge in [0.25, 0.3) is 0 Å². The van der Waals surface area contributed by atoms with Crippen molar-refractivity contribution in [2.45, 2.75) is 13.8 Å². The van der Waals surface area contributed by atoms with E-state index >= 15 is 0 Å². The van der Waals surface area contributed by atoms with Gasteiger partial charge in [0.05, 0.1) is 5.56 Å². The van der Waals surface area contributed by atoms with Crippen LogP contribution in [0.25, 0.3) is 17.3 Å². The fraction of sp³-hybridized carbons (Fsp3) is 0.133. The zero-order valence-electron chi connectivity index (χ0n) is 11.2. The highest BCUT2D eigenvalue weighted by atomic mass is 16.3. The molecule has 5 nitrogen and oxygen atoms in total. The molecule has 3 rings (SSSR count). The van der Waals surface area contributed by atoms with Crippen LogP contribution in [-0.2, 0) is 0 Å². The van der Waals surface area contributed by atoms with Gasteiger partial charge in [-0.25, -0.2) is 9.67 Å². The number of aryl methyl sites for hydroxylation is 2. The van der Waals surface area contributed by atoms with Crippen LogP contribution in [0.4, 0.5) is 0 Å². The summed E-state index contributed by atoms with van der Waals surface area (Å²) in [6.45, 7) is 3.83. The summed E-state index contributed by atoms with van der Waals surface area (Å²) in [7, 11) is 0. The van der Waals surface area contributed by atoms with Crippen molar-refractivity contribution in [3.8, 4) is 17.3 Å². The molecule has 3 aromatic heterocycles. The number of aromatic nitrogens is 3. The fourth-order valence-corrected chi connectivity index (χ4v) is 1.99. The summed E-state index contributed by atoms with van der Waals surface area (Å²) in [4.78, 5) is 15.5. The van der Waals surface area contributed by atoms with Crippen LogP contribution >= 0.6 is 0 Å². The van der Waals surface area contributed by atoms with Crippen molar-refractivity contribution in [2.75, 3.05) is 0 Å². The smallest absolute Gasteiger partial charge is 0.155 e. The molecule has 0 bridgehead atoms. The highest BCUT2D eigenvalue weighted by molar-refractivity contribution is 5.84. The summed E-state index contributed by atoms with van der Waals surface area (Å²) < 4.78 is 7.12. The van der Waals surface area contributed by atoms with Gasteiger partial charge < -0.3 is 4.42 Å². The molecule has 0 fully saturated rings. The number of carbonyl (C=O) groups excluding carboxylic acids is 1. The minimum Gasteiger partial charge on any atom is -0.460 e. The third kappa shape index (κ3) is 2.14. The van der Waals surface area contributed by atoms with Crippen molar-refractivity contribution >= 4 is 6.29 Å². The van der Waals surface area contributed by atoms with Gasteiger partial charge in [0, 0.05) is 12.4 Å². The van der Waals surface area contributed by atoms with Gasteiger partial charge in [0.1, 0.15) is 11.5 Å². The van der Waals surface area contributed by atoms with E-state index in [1.807, 2.05) is 32.0 Å². The SMILES string of the molecule is Cc1ccnc(-n2cc(C=O)c(-c3ccc(C)o3)n2)c1. The Hall–Kier alpha value is -2.69. The van der Waals surface area contributed by atoms with Crippen molar-refractivity contribution in [1.29, 1.82) is 0 Å². The van der Waals surface area contributed by atoms with E-state index in [0.717, 1.165) is 17.6 Å². The molecule has 0 N–H and O–H groups in total. The largest absolute Gasteiger partial charge is 0.460 e. The van der Waals surface area contributed by atoms with E-state index in [-0.39, 0.29) is 0 Å². The monoisotopic (exact) mass is 267 g/mol. The molecule has 0 saturated carbocycles. The highest BCUT2D eigenvalue weighted by Gasteiger charge is 2.15. The molecule has 0 aliphatic heterocycles. The molecule has 0 aromatic carbocycles. The normalized spacial score (nSPS) is 10.7. The summed E-state index contributed by atoms with van der Waals surface area (Å²) >= 11 is 0. The number of hydrogen-bond donors (Lipinski definition) is 0. The molecule has 0 spiro atoms. The molecule has 0 aliphatic rings. The number of rotatable bonds is 3. The molecule has 20 heavy (non-hydrogen) atoms. The molecule has 0 aliphatic carbocycles. The Balaban J connectivity index is 2.11. The minimum absolute atomic E-state index is 0.475. The van der Waals surface area contributed by atoms with Crippen molar-refractivity contribution < 1.29 is 9.21 Å². The molecule has 3 heterocycles. The van der Waals surface area contributed by atoms with Gasteiger partial charge in [0.15, 0.2) is 17.9 Å². The van der Waals surface area contributed by atoms with Crippen LogP contribution in [0.2, 0.25) is 0 Å². The van der Waals surface area contributed by atoms with Gasteiger partial charge in [-0.05, 0) is 43.7 Å². The highest BCUT2D eigenvalue weighted by Crippen LogP contribution is 2.24. The van der Waals surface area contributed by atoms with E-state index in [9.17, 15) is 4.79 Å². The van der Waals surface area contributed by atoms with E-state index in [1.165, 1.54) is 0 Å². The maximum Gasteiger partial charge on any atom is 0.155 e. The van der Waals surface area contributed by atoms with Crippen LogP contribution in [0.5, 0.6) is 0 Å². The molecule has 100 valence electrons. The Morgan fingerprint density at radius 1 is 1.25 bits per heavy atom. The van der Waals surface area contributed by atoms with Crippen LogP contribution in [-0.4, -0.2) is 21.1 Å². The van der Waals surface area contributed by atoms with E-state index in [4.69, 9.17) is 4.42 Å². The zero-order valence-corrected chi connectivity index (χ0v) is 11.2. The first kappa shape index (κ1) is 12.3. The predicted octanol–water partition coefficient (Wildman–Crippen LogP) is 2.96. The van der Waals surface area contributed by atoms with Gasteiger partial charge in [-0.15, -0.1) is 0 Å². The summed E-state index contributed by atoms with van der Waals surface area (Å²) in [5.74, 6) is 2.03. The van der Waals surface area contributed by atoms with E-state index < -0.39 is 0 Å². The average molecular weight is 267 g/mol. The third-order valence-corrected chi connectivity index (χ3v) is 2.98. The molecule has 0 radical (unpaired) electrons. The summed E-state index contributed by atoms with van der Waals surface area (Å²) in [6.07, 6.45) is 4.14. The lowest BCUT2D eigenvalue weighted by Gasteiger charge is -2.00. The zero-order chi connectivity index (χ0) is 14.1. The minimum atomic E-state index is 0.475. The second-order valence-electron chi connectivity index (χ2n) is 4.60. The lowest BCUT2D eigenvalue weighted by Crippen LogP contribution is -1.98. The molecule has 3 aromatic rings. The molecule has 5 heteroatoms. The number of nitrogens with zero attached hydrogens (tertiary/aromatic N) is 3. The van der Waals surface area contributed by atoms with Gasteiger partial charge >= 0.3 is 0 Å². The van der Waals surface area contributed by atoms with E-state index in [1.54, 1.807) is 23.1 Å². The maximum absolute atomic E-state index is 11.2. The molecular weight excluding hydrogens is 254 g/mol. The first-order valence-corrected chi connectivity index (χ1v) is 6.22. The maximum atomic E-state index is 11.2. The van der Waals surface area contributed by atoms with Crippen molar-refractivity contribution in [2.24, 2.45) is 0 Å². The summed E-state index contributed by atoms with van der Waals surface area (Å²) in [5, 5.41) is 4.41. The van der Waals surface area contributed by atoms with Crippen molar-refractivity contribution in [3.05, 3.63) is 53.5 Å². The van der Waals surface area contributed by atoms with Crippen LogP contribution in [0.3, 0.4) is 0 Å². The Kier molecular flexibility index (Phi) is 2.95. The topological polar surface area (TPSA) is 60.9 Å². The van der Waals surface area contributed by atoms with Gasteiger partial charge in [-0.3, -0.25) is 4.79 Å². The first-order chi connectivity index (χ1) is 9.67. The summed E-state index contributed by atoms with van der Waals surface area (Å²) in [5.41, 5.74) is 2.08. The molecule has 0 saturated heterocycles. The Labute approximate surface area is 115 Å². The summed E-state index contributed by atoms with van der Waals surface area (Å²) in [6, 6.07) is 7.45. The van der Waals surface area contributed by atoms with E-state index in [0.29, 0.717) is 22.8 Å². The van der Waals surface area contributed by atoms with Crippen LogP contribution in [0.1, 0.15) is 21.7 Å². The Bertz CT molecular complexity index is 771. The van der Waals surface area contributed by atoms with Gasteiger partial charge in [0.2, 0.25) is 0 Å². The third-order valence-electron chi connectivity index (χ3n) is 2.98. The molecule has 0 atom stereocenters. The first-order valence-electron chi connectivity index (χ1n) is 6.22. The van der Waals surface area contributed by atoms with Gasteiger partial charge in [-0.2, -0.15) is 5.10 Å². The second kappa shape index (κ2) is 4.77. The van der Waals surface area contributed by atoms with Crippen molar-refractivity contribution in [1.82, 2.24) is 14.8 Å². The number of furan rings is 1. The molecule has 0 unspecified atom stereocenters. The molecular formula is C15H13N3O2. The lowest BCUT2D eigenvalue weighted by molar-refractivity contribution is 0.112. The number of aldehydes is 1. The fourth-order valence-electron chi connectivity index (χ4n) is 1.99. The molecule has 0 amide bonds. The Morgan fingerprint density at radius 2 is 2.10 bits per heavy atom. The number of hydrogen-bond acceptors (Lipinski definition) is 4. The number of pyridine rings is 1. The lowest BCUT2D eigenvalue weighted by atomic mass is 10.2. The standard InChI is InChI=1S/C15H13N3O2/c1-10-5-6-16-14(7-10)18-8-12(9-19)15(17-18)13-4-3-11(2)20-13/h3-9H,1-2H3.